The van der Waals surface area contributed by atoms with Gasteiger partial charge in [-0.3, -0.25) is 0 Å². The Balaban J connectivity index is 2.30. The normalized spacial score (nSPS) is 21.5. The lowest BCUT2D eigenvalue weighted by Gasteiger charge is -2.05. The van der Waals surface area contributed by atoms with Gasteiger partial charge >= 0.3 is 0 Å². The quantitative estimate of drug-likeness (QED) is 0.614. The maximum atomic E-state index is 5.22. The third kappa shape index (κ3) is 2.79. The summed E-state index contributed by atoms with van der Waals surface area (Å²) in [6, 6.07) is 0. The molecule has 11 heavy (non-hydrogen) atoms. The summed E-state index contributed by atoms with van der Waals surface area (Å²) < 4.78 is 0. The summed E-state index contributed by atoms with van der Waals surface area (Å²) in [7, 11) is 0. The average molecular weight is 151 g/mol. The minimum absolute atomic E-state index is 0.797. The third-order valence-electron chi connectivity index (χ3n) is 2.28. The molecule has 1 rings (SSSR count). The molecule has 62 valence electrons. The molecule has 1 saturated carbocycles. The van der Waals surface area contributed by atoms with E-state index >= 15 is 0 Å². The van der Waals surface area contributed by atoms with Crippen LogP contribution in [-0.4, -0.2) is 0 Å². The SMILES string of the molecule is CCC(/C=C\C=C/N)C1CC1. The topological polar surface area (TPSA) is 26.0 Å². The molecule has 1 nitrogen and oxygen atoms in total. The Morgan fingerprint density at radius 3 is 2.64 bits per heavy atom. The standard InChI is InChI=1S/C10H17N/c1-2-9(10-6-7-10)5-3-4-8-11/h3-5,8-10H,2,6-7,11H2,1H3/b5-3-,8-4-. The summed E-state index contributed by atoms with van der Waals surface area (Å²) in [5.74, 6) is 1.77. The highest BCUT2D eigenvalue weighted by molar-refractivity contribution is 5.05. The number of hydrogen-bond acceptors (Lipinski definition) is 1. The molecule has 1 aliphatic carbocycles. The zero-order valence-electron chi connectivity index (χ0n) is 7.16. The van der Waals surface area contributed by atoms with Gasteiger partial charge in [0.1, 0.15) is 0 Å². The van der Waals surface area contributed by atoms with Crippen molar-refractivity contribution in [3.8, 4) is 0 Å². The van der Waals surface area contributed by atoms with Crippen LogP contribution < -0.4 is 5.73 Å². The lowest BCUT2D eigenvalue weighted by molar-refractivity contribution is 0.550. The van der Waals surface area contributed by atoms with Gasteiger partial charge in [0.15, 0.2) is 0 Å². The van der Waals surface area contributed by atoms with E-state index in [1.54, 1.807) is 6.20 Å². The molecule has 0 heterocycles. The molecule has 0 aromatic rings. The Morgan fingerprint density at radius 1 is 1.45 bits per heavy atom. The molecule has 0 amide bonds. The summed E-state index contributed by atoms with van der Waals surface area (Å²) >= 11 is 0. The highest BCUT2D eigenvalue weighted by atomic mass is 14.5. The molecular weight excluding hydrogens is 134 g/mol. The Labute approximate surface area is 69.0 Å². The van der Waals surface area contributed by atoms with Crippen LogP contribution in [0, 0.1) is 11.8 Å². The van der Waals surface area contributed by atoms with Gasteiger partial charge in [-0.2, -0.15) is 0 Å². The van der Waals surface area contributed by atoms with Crippen molar-refractivity contribution in [1.29, 1.82) is 0 Å². The van der Waals surface area contributed by atoms with E-state index in [2.05, 4.69) is 19.1 Å². The van der Waals surface area contributed by atoms with Gasteiger partial charge in [-0.25, -0.2) is 0 Å². The molecule has 0 aromatic carbocycles. The first-order valence-electron chi connectivity index (χ1n) is 4.43. The van der Waals surface area contributed by atoms with E-state index < -0.39 is 0 Å². The first-order valence-corrected chi connectivity index (χ1v) is 4.43. The number of hydrogen-bond donors (Lipinski definition) is 1. The molecule has 0 aliphatic heterocycles. The number of nitrogens with two attached hydrogens (primary N) is 1. The zero-order valence-corrected chi connectivity index (χ0v) is 7.16. The summed E-state index contributed by atoms with van der Waals surface area (Å²) in [5.41, 5.74) is 5.22. The van der Waals surface area contributed by atoms with Gasteiger partial charge in [0.05, 0.1) is 0 Å². The Hall–Kier alpha value is -0.720. The van der Waals surface area contributed by atoms with Crippen molar-refractivity contribution in [2.24, 2.45) is 17.6 Å². The summed E-state index contributed by atoms with van der Waals surface area (Å²) in [6.45, 7) is 2.25. The molecule has 1 fully saturated rings. The van der Waals surface area contributed by atoms with Crippen molar-refractivity contribution in [3.05, 3.63) is 24.4 Å². The molecule has 1 unspecified atom stereocenters. The van der Waals surface area contributed by atoms with E-state index in [1.807, 2.05) is 6.08 Å². The molecule has 1 atom stereocenters. The first kappa shape index (κ1) is 8.38. The second-order valence-corrected chi connectivity index (χ2v) is 3.18. The van der Waals surface area contributed by atoms with Crippen LogP contribution in [0.1, 0.15) is 26.2 Å². The maximum absolute atomic E-state index is 5.22. The summed E-state index contributed by atoms with van der Waals surface area (Å²) in [5, 5.41) is 0. The lowest BCUT2D eigenvalue weighted by atomic mass is 10.0. The third-order valence-corrected chi connectivity index (χ3v) is 2.28. The lowest BCUT2D eigenvalue weighted by Crippen LogP contribution is -1.95. The molecular formula is C10H17N. The van der Waals surface area contributed by atoms with Crippen molar-refractivity contribution in [2.75, 3.05) is 0 Å². The van der Waals surface area contributed by atoms with Gasteiger partial charge in [0.2, 0.25) is 0 Å². The fourth-order valence-electron chi connectivity index (χ4n) is 1.42. The molecule has 0 aromatic heterocycles. The summed E-state index contributed by atoms with van der Waals surface area (Å²) in [4.78, 5) is 0. The summed E-state index contributed by atoms with van der Waals surface area (Å²) in [6.07, 6.45) is 11.9. The molecule has 0 saturated heterocycles. The first-order chi connectivity index (χ1) is 5.38. The molecule has 2 N–H and O–H groups in total. The van der Waals surface area contributed by atoms with Crippen LogP contribution in [0.4, 0.5) is 0 Å². The van der Waals surface area contributed by atoms with Gasteiger partial charge in [0.25, 0.3) is 0 Å². The van der Waals surface area contributed by atoms with Crippen LogP contribution in [0.3, 0.4) is 0 Å². The number of allylic oxidation sites excluding steroid dienone is 3. The molecule has 1 heteroatoms. The van der Waals surface area contributed by atoms with Crippen LogP contribution in [0.2, 0.25) is 0 Å². The van der Waals surface area contributed by atoms with Crippen LogP contribution in [0.25, 0.3) is 0 Å². The van der Waals surface area contributed by atoms with Gasteiger partial charge < -0.3 is 5.73 Å². The van der Waals surface area contributed by atoms with Gasteiger partial charge in [-0.1, -0.05) is 19.1 Å². The van der Waals surface area contributed by atoms with Crippen LogP contribution in [-0.2, 0) is 0 Å². The second kappa shape index (κ2) is 4.22. The molecule has 0 bridgehead atoms. The van der Waals surface area contributed by atoms with Gasteiger partial charge in [-0.15, -0.1) is 0 Å². The van der Waals surface area contributed by atoms with Crippen molar-refractivity contribution in [3.63, 3.8) is 0 Å². The monoisotopic (exact) mass is 151 g/mol. The van der Waals surface area contributed by atoms with E-state index in [1.165, 1.54) is 19.3 Å². The molecule has 0 spiro atoms. The van der Waals surface area contributed by atoms with Crippen LogP contribution >= 0.6 is 0 Å². The minimum Gasteiger partial charge on any atom is -0.405 e. The van der Waals surface area contributed by atoms with Gasteiger partial charge in [0, 0.05) is 0 Å². The fourth-order valence-corrected chi connectivity index (χ4v) is 1.42. The Bertz CT molecular complexity index is 154. The fraction of sp³-hybridized carbons (Fsp3) is 0.600. The zero-order chi connectivity index (χ0) is 8.10. The Morgan fingerprint density at radius 2 is 2.18 bits per heavy atom. The predicted molar refractivity (Wildman–Crippen MR) is 49.0 cm³/mol. The van der Waals surface area contributed by atoms with Gasteiger partial charge in [-0.05, 0) is 43.4 Å². The maximum Gasteiger partial charge on any atom is -0.00625 e. The highest BCUT2D eigenvalue weighted by Gasteiger charge is 2.27. The highest BCUT2D eigenvalue weighted by Crippen LogP contribution is 2.38. The largest absolute Gasteiger partial charge is 0.405 e. The molecule has 0 radical (unpaired) electrons. The minimum atomic E-state index is 0.797. The molecule has 1 aliphatic rings. The second-order valence-electron chi connectivity index (χ2n) is 3.18. The van der Waals surface area contributed by atoms with E-state index in [0.29, 0.717) is 0 Å². The van der Waals surface area contributed by atoms with Crippen molar-refractivity contribution in [2.45, 2.75) is 26.2 Å². The Kier molecular flexibility index (Phi) is 3.21. The van der Waals surface area contributed by atoms with E-state index in [4.69, 9.17) is 5.73 Å². The predicted octanol–water partition coefficient (Wildman–Crippen LogP) is 2.45. The smallest absolute Gasteiger partial charge is 0.00625 e. The van der Waals surface area contributed by atoms with Crippen molar-refractivity contribution in [1.82, 2.24) is 0 Å². The van der Waals surface area contributed by atoms with Crippen molar-refractivity contribution >= 4 is 0 Å². The van der Waals surface area contributed by atoms with Crippen LogP contribution in [0.15, 0.2) is 24.4 Å². The van der Waals surface area contributed by atoms with E-state index in [0.717, 1.165) is 11.8 Å². The number of rotatable bonds is 4. The van der Waals surface area contributed by atoms with E-state index in [-0.39, 0.29) is 0 Å². The van der Waals surface area contributed by atoms with E-state index in [9.17, 15) is 0 Å². The van der Waals surface area contributed by atoms with Crippen LogP contribution in [0.5, 0.6) is 0 Å². The average Bonchev–Trinajstić information content (AvgIpc) is 2.81. The van der Waals surface area contributed by atoms with Crippen molar-refractivity contribution < 1.29 is 0 Å².